The Hall–Kier alpha value is -2.26. The van der Waals surface area contributed by atoms with E-state index in [1.807, 2.05) is 44.1 Å². The third kappa shape index (κ3) is 5.46. The highest BCUT2D eigenvalue weighted by Crippen LogP contribution is 2.32. The zero-order valence-electron chi connectivity index (χ0n) is 16.8. The summed E-state index contributed by atoms with van der Waals surface area (Å²) >= 11 is 7.43. The van der Waals surface area contributed by atoms with Crippen molar-refractivity contribution in [3.8, 4) is 0 Å². The van der Waals surface area contributed by atoms with Crippen molar-refractivity contribution in [3.63, 3.8) is 0 Å². The van der Waals surface area contributed by atoms with Crippen LogP contribution in [-0.2, 0) is 0 Å². The highest BCUT2D eigenvalue weighted by atomic mass is 35.5. The van der Waals surface area contributed by atoms with Crippen LogP contribution in [0.1, 0.15) is 22.3 Å². The van der Waals surface area contributed by atoms with Crippen LogP contribution < -0.4 is 4.90 Å². The second kappa shape index (κ2) is 10.2. The van der Waals surface area contributed by atoms with Crippen LogP contribution in [0, 0.1) is 17.0 Å². The van der Waals surface area contributed by atoms with Gasteiger partial charge in [-0.2, -0.15) is 0 Å². The number of nitro benzene ring substituents is 1. The molecule has 160 valence electrons. The summed E-state index contributed by atoms with van der Waals surface area (Å²) in [5.41, 5.74) is 1.59. The number of nitro groups is 1. The van der Waals surface area contributed by atoms with Crippen molar-refractivity contribution in [1.29, 1.82) is 0 Å². The fraction of sp³-hybridized carbons (Fsp3) is 0.300. The molecule has 0 aliphatic carbocycles. The summed E-state index contributed by atoms with van der Waals surface area (Å²) in [6.45, 7) is 3.15. The summed E-state index contributed by atoms with van der Waals surface area (Å²) in [6, 6.07) is 9.91. The minimum absolute atomic E-state index is 0. The zero-order chi connectivity index (χ0) is 21.1. The molecule has 0 fully saturated rings. The van der Waals surface area contributed by atoms with Gasteiger partial charge >= 0.3 is 0 Å². The Morgan fingerprint density at radius 2 is 1.93 bits per heavy atom. The van der Waals surface area contributed by atoms with Gasteiger partial charge in [0.25, 0.3) is 11.6 Å². The summed E-state index contributed by atoms with van der Waals surface area (Å²) in [5, 5.41) is 12.2. The molecular formula is C20H22Cl2N4O3S. The predicted molar refractivity (Wildman–Crippen MR) is 125 cm³/mol. The van der Waals surface area contributed by atoms with Gasteiger partial charge in [-0.05, 0) is 63.8 Å². The number of hydrogen-bond acceptors (Lipinski definition) is 6. The van der Waals surface area contributed by atoms with E-state index in [-0.39, 0.29) is 28.7 Å². The van der Waals surface area contributed by atoms with Crippen molar-refractivity contribution in [2.24, 2.45) is 0 Å². The van der Waals surface area contributed by atoms with E-state index in [9.17, 15) is 14.9 Å². The Balaban J connectivity index is 0.00000320. The number of aromatic nitrogens is 1. The van der Waals surface area contributed by atoms with E-state index in [0.29, 0.717) is 18.1 Å². The van der Waals surface area contributed by atoms with E-state index in [4.69, 9.17) is 11.6 Å². The van der Waals surface area contributed by atoms with Gasteiger partial charge in [0.15, 0.2) is 5.13 Å². The van der Waals surface area contributed by atoms with E-state index >= 15 is 0 Å². The summed E-state index contributed by atoms with van der Waals surface area (Å²) in [4.78, 5) is 32.4. The molecule has 0 aliphatic heterocycles. The summed E-state index contributed by atoms with van der Waals surface area (Å²) in [6.07, 6.45) is 0.696. The number of carbonyl (C=O) groups is 1. The van der Waals surface area contributed by atoms with Gasteiger partial charge in [0.2, 0.25) is 0 Å². The number of thiazole rings is 1. The highest BCUT2D eigenvalue weighted by molar-refractivity contribution is 7.22. The number of nitrogens with zero attached hydrogens (tertiary/aromatic N) is 4. The zero-order valence-corrected chi connectivity index (χ0v) is 19.2. The third-order valence-electron chi connectivity index (χ3n) is 4.38. The summed E-state index contributed by atoms with van der Waals surface area (Å²) in [7, 11) is 3.91. The number of benzene rings is 2. The number of fused-ring (bicyclic) bond motifs is 1. The fourth-order valence-corrected chi connectivity index (χ4v) is 4.21. The predicted octanol–water partition coefficient (Wildman–Crippen LogP) is 5.19. The van der Waals surface area contributed by atoms with E-state index in [2.05, 4.69) is 4.98 Å². The lowest BCUT2D eigenvalue weighted by molar-refractivity contribution is -0.385. The lowest BCUT2D eigenvalue weighted by Crippen LogP contribution is -2.33. The van der Waals surface area contributed by atoms with Crippen LogP contribution >= 0.6 is 35.3 Å². The number of aryl methyl sites for hydroxylation is 1. The number of halogens is 2. The van der Waals surface area contributed by atoms with Crippen LogP contribution in [0.2, 0.25) is 5.02 Å². The molecule has 0 aliphatic rings. The van der Waals surface area contributed by atoms with Gasteiger partial charge in [0.05, 0.1) is 15.1 Å². The smallest absolute Gasteiger partial charge is 0.282 e. The van der Waals surface area contributed by atoms with E-state index in [1.165, 1.54) is 34.4 Å². The first kappa shape index (κ1) is 24.0. The van der Waals surface area contributed by atoms with Crippen LogP contribution in [0.25, 0.3) is 10.2 Å². The molecule has 0 saturated carbocycles. The fourth-order valence-electron chi connectivity index (χ4n) is 2.95. The van der Waals surface area contributed by atoms with Crippen LogP contribution in [0.4, 0.5) is 10.8 Å². The molecule has 0 N–H and O–H groups in total. The van der Waals surface area contributed by atoms with Gasteiger partial charge < -0.3 is 4.90 Å². The molecule has 1 heterocycles. The van der Waals surface area contributed by atoms with Crippen LogP contribution in [0.5, 0.6) is 0 Å². The summed E-state index contributed by atoms with van der Waals surface area (Å²) < 4.78 is 0.964. The van der Waals surface area contributed by atoms with Crippen molar-refractivity contribution in [2.45, 2.75) is 13.3 Å². The van der Waals surface area contributed by atoms with Crippen LogP contribution in [-0.4, -0.2) is 47.9 Å². The average Bonchev–Trinajstić information content (AvgIpc) is 3.06. The second-order valence-corrected chi connectivity index (χ2v) is 8.45. The van der Waals surface area contributed by atoms with Gasteiger partial charge in [-0.3, -0.25) is 19.8 Å². The topological polar surface area (TPSA) is 79.6 Å². The maximum atomic E-state index is 13.4. The Morgan fingerprint density at radius 3 is 2.60 bits per heavy atom. The highest BCUT2D eigenvalue weighted by Gasteiger charge is 2.28. The molecule has 0 bridgehead atoms. The molecule has 0 saturated heterocycles. The quantitative estimate of drug-likeness (QED) is 0.352. The monoisotopic (exact) mass is 468 g/mol. The van der Waals surface area contributed by atoms with Crippen molar-refractivity contribution in [1.82, 2.24) is 9.88 Å². The molecule has 0 atom stereocenters. The Morgan fingerprint density at radius 1 is 1.20 bits per heavy atom. The largest absolute Gasteiger partial charge is 0.309 e. The molecule has 7 nitrogen and oxygen atoms in total. The van der Waals surface area contributed by atoms with E-state index < -0.39 is 10.8 Å². The molecule has 3 rings (SSSR count). The molecule has 0 radical (unpaired) electrons. The SMILES string of the molecule is Cc1ccc2nc(N(CCCN(C)C)C(=O)c3cc(Cl)ccc3[N+](=O)[O-])sc2c1.Cl. The number of rotatable bonds is 7. The second-order valence-electron chi connectivity index (χ2n) is 7.00. The number of anilines is 1. The van der Waals surface area contributed by atoms with Crippen molar-refractivity contribution < 1.29 is 9.72 Å². The van der Waals surface area contributed by atoms with Gasteiger partial charge in [0, 0.05) is 17.6 Å². The van der Waals surface area contributed by atoms with Gasteiger partial charge in [-0.1, -0.05) is 29.0 Å². The number of hydrogen-bond donors (Lipinski definition) is 0. The standard InChI is InChI=1S/C20H21ClN4O3S.ClH/c1-13-5-7-16-18(11-13)29-20(22-16)24(10-4-9-23(2)3)19(26)15-12-14(21)6-8-17(15)25(27)28;/h5-8,11-12H,4,9-10H2,1-3H3;1H. The number of carbonyl (C=O) groups excluding carboxylic acids is 1. The first-order chi connectivity index (χ1) is 13.8. The van der Waals surface area contributed by atoms with Gasteiger partial charge in [-0.25, -0.2) is 4.98 Å². The minimum Gasteiger partial charge on any atom is -0.309 e. The molecular weight excluding hydrogens is 447 g/mol. The lowest BCUT2D eigenvalue weighted by Gasteiger charge is -2.21. The minimum atomic E-state index is -0.566. The van der Waals surface area contributed by atoms with Crippen LogP contribution in [0.15, 0.2) is 36.4 Å². The Labute approximate surface area is 189 Å². The van der Waals surface area contributed by atoms with Gasteiger partial charge in [-0.15, -0.1) is 12.4 Å². The van der Waals surface area contributed by atoms with Crippen LogP contribution in [0.3, 0.4) is 0 Å². The number of amides is 1. The first-order valence-electron chi connectivity index (χ1n) is 9.04. The molecule has 30 heavy (non-hydrogen) atoms. The molecule has 0 unspecified atom stereocenters. The molecule has 1 aromatic heterocycles. The molecule has 2 aromatic carbocycles. The Bertz CT molecular complexity index is 1070. The maximum Gasteiger partial charge on any atom is 0.282 e. The first-order valence-corrected chi connectivity index (χ1v) is 10.2. The van der Waals surface area contributed by atoms with E-state index in [0.717, 1.165) is 22.3 Å². The molecule has 10 heteroatoms. The Kier molecular flexibility index (Phi) is 8.14. The summed E-state index contributed by atoms with van der Waals surface area (Å²) in [5.74, 6) is -0.478. The van der Waals surface area contributed by atoms with Gasteiger partial charge in [0.1, 0.15) is 5.56 Å². The van der Waals surface area contributed by atoms with Crippen molar-refractivity contribution in [2.75, 3.05) is 32.1 Å². The molecule has 0 spiro atoms. The maximum absolute atomic E-state index is 13.4. The molecule has 1 amide bonds. The third-order valence-corrected chi connectivity index (χ3v) is 5.66. The average molecular weight is 469 g/mol. The normalized spacial score (nSPS) is 10.8. The van der Waals surface area contributed by atoms with Crippen molar-refractivity contribution in [3.05, 3.63) is 62.7 Å². The lowest BCUT2D eigenvalue weighted by atomic mass is 10.1. The molecule has 3 aromatic rings. The van der Waals surface area contributed by atoms with E-state index in [1.54, 1.807) is 0 Å². The van der Waals surface area contributed by atoms with Crippen molar-refractivity contribution >= 4 is 62.3 Å².